The summed E-state index contributed by atoms with van der Waals surface area (Å²) in [6, 6.07) is 10.2. The molecule has 3 rings (SSSR count). The van der Waals surface area contributed by atoms with Gasteiger partial charge in [0, 0.05) is 23.7 Å². The lowest BCUT2D eigenvalue weighted by atomic mass is 10.2. The quantitative estimate of drug-likeness (QED) is 0.650. The highest BCUT2D eigenvalue weighted by atomic mass is 32.1. The predicted octanol–water partition coefficient (Wildman–Crippen LogP) is 4.38. The first-order valence-electron chi connectivity index (χ1n) is 8.25. The molecule has 2 aromatic heterocycles. The molecule has 3 aromatic rings. The number of carbonyl (C=O) groups excluding carboxylic acids is 1. The topological polar surface area (TPSA) is 82.6 Å². The lowest BCUT2D eigenvalue weighted by Gasteiger charge is -2.13. The molecular weight excluding hydrogens is 366 g/mol. The maximum absolute atomic E-state index is 12.5. The molecule has 27 heavy (non-hydrogen) atoms. The summed E-state index contributed by atoms with van der Waals surface area (Å²) < 4.78 is 16.6. The first kappa shape index (κ1) is 18.7. The van der Waals surface area contributed by atoms with E-state index >= 15 is 0 Å². The Labute approximate surface area is 161 Å². The van der Waals surface area contributed by atoms with E-state index in [1.807, 2.05) is 13.8 Å². The van der Waals surface area contributed by atoms with Crippen LogP contribution in [0.4, 0.5) is 5.13 Å². The number of aromatic nitrogens is 2. The Morgan fingerprint density at radius 1 is 1.11 bits per heavy atom. The molecule has 1 N–H and O–H groups in total. The molecule has 7 nitrogen and oxygen atoms in total. The van der Waals surface area contributed by atoms with Crippen LogP contribution in [0.25, 0.3) is 0 Å². The van der Waals surface area contributed by atoms with Crippen LogP contribution in [0.2, 0.25) is 0 Å². The molecule has 0 fully saturated rings. The molecule has 0 saturated carbocycles. The van der Waals surface area contributed by atoms with E-state index in [2.05, 4.69) is 15.3 Å². The van der Waals surface area contributed by atoms with Crippen LogP contribution in [0.1, 0.15) is 24.2 Å². The minimum Gasteiger partial charge on any atom is -0.497 e. The summed E-state index contributed by atoms with van der Waals surface area (Å²) in [7, 11) is 1.59. The fourth-order valence-corrected chi connectivity index (χ4v) is 2.71. The number of methoxy groups -OCH3 is 1. The number of hydrogen-bond acceptors (Lipinski definition) is 7. The minimum absolute atomic E-state index is 0.0939. The second-order valence-corrected chi connectivity index (χ2v) is 6.66. The average molecular weight is 385 g/mol. The fourth-order valence-electron chi connectivity index (χ4n) is 2.19. The van der Waals surface area contributed by atoms with Crippen LogP contribution in [0.3, 0.4) is 0 Å². The smallest absolute Gasteiger partial charge is 0.257 e. The normalized spacial score (nSPS) is 10.5. The second-order valence-electron chi connectivity index (χ2n) is 5.77. The number of nitrogens with one attached hydrogen (secondary N) is 1. The fraction of sp³-hybridized carbons (Fsp3) is 0.211. The Bertz CT molecular complexity index is 896. The van der Waals surface area contributed by atoms with E-state index in [1.165, 1.54) is 11.3 Å². The van der Waals surface area contributed by atoms with Crippen molar-refractivity contribution in [2.24, 2.45) is 0 Å². The zero-order valence-corrected chi connectivity index (χ0v) is 15.9. The molecule has 0 saturated heterocycles. The highest BCUT2D eigenvalue weighted by Gasteiger charge is 2.14. The van der Waals surface area contributed by atoms with Crippen molar-refractivity contribution in [3.63, 3.8) is 0 Å². The maximum atomic E-state index is 12.5. The molecule has 2 heterocycles. The van der Waals surface area contributed by atoms with Gasteiger partial charge in [-0.3, -0.25) is 10.1 Å². The van der Waals surface area contributed by atoms with Crippen molar-refractivity contribution in [3.8, 4) is 23.3 Å². The zero-order chi connectivity index (χ0) is 19.2. The van der Waals surface area contributed by atoms with Gasteiger partial charge in [0.2, 0.25) is 11.8 Å². The molecule has 140 valence electrons. The molecule has 0 radical (unpaired) electrons. The Balaban J connectivity index is 1.86. The first-order chi connectivity index (χ1) is 13.0. The number of nitrogens with zero attached hydrogens (tertiary/aromatic N) is 2. The predicted molar refractivity (Wildman–Crippen MR) is 103 cm³/mol. The minimum atomic E-state index is -0.319. The zero-order valence-electron chi connectivity index (χ0n) is 15.1. The van der Waals surface area contributed by atoms with Crippen molar-refractivity contribution in [3.05, 3.63) is 53.5 Å². The number of amides is 1. The lowest BCUT2D eigenvalue weighted by Crippen LogP contribution is -2.14. The molecule has 1 aromatic carbocycles. The van der Waals surface area contributed by atoms with Crippen molar-refractivity contribution < 1.29 is 19.0 Å². The van der Waals surface area contributed by atoms with Gasteiger partial charge in [-0.1, -0.05) is 0 Å². The number of pyridine rings is 1. The van der Waals surface area contributed by atoms with Crippen molar-refractivity contribution >= 4 is 22.4 Å². The molecule has 0 unspecified atom stereocenters. The molecule has 0 bridgehead atoms. The van der Waals surface area contributed by atoms with Gasteiger partial charge in [0.15, 0.2) is 5.13 Å². The number of anilines is 1. The summed E-state index contributed by atoms with van der Waals surface area (Å²) in [6.45, 7) is 3.77. The number of carbonyl (C=O) groups is 1. The molecular formula is C19H19N3O4S. The molecule has 0 spiro atoms. The summed E-state index contributed by atoms with van der Waals surface area (Å²) >= 11 is 1.34. The lowest BCUT2D eigenvalue weighted by molar-refractivity contribution is 0.102. The standard InChI is InChI=1S/C19H19N3O4S/c1-12(2)25-16-10-13(18(23)22-19-20-8-9-27-19)11-17(21-16)26-15-6-4-14(24-3)5-7-15/h4-12H,1-3H3,(H,20,22,23). The number of hydrogen-bond donors (Lipinski definition) is 1. The van der Waals surface area contributed by atoms with Gasteiger partial charge in [-0.05, 0) is 38.1 Å². The van der Waals surface area contributed by atoms with Gasteiger partial charge in [0.05, 0.1) is 18.8 Å². The Morgan fingerprint density at radius 2 is 1.81 bits per heavy atom. The van der Waals surface area contributed by atoms with Crippen LogP contribution in [-0.2, 0) is 0 Å². The van der Waals surface area contributed by atoms with Crippen molar-refractivity contribution in [1.82, 2.24) is 9.97 Å². The Hall–Kier alpha value is -3.13. The third kappa shape index (κ3) is 5.18. The monoisotopic (exact) mass is 385 g/mol. The van der Waals surface area contributed by atoms with Crippen LogP contribution >= 0.6 is 11.3 Å². The van der Waals surface area contributed by atoms with Gasteiger partial charge in [-0.2, -0.15) is 4.98 Å². The van der Waals surface area contributed by atoms with Gasteiger partial charge in [0.25, 0.3) is 5.91 Å². The summed E-state index contributed by atoms with van der Waals surface area (Å²) in [5, 5.41) is 5.04. The van der Waals surface area contributed by atoms with E-state index < -0.39 is 0 Å². The van der Waals surface area contributed by atoms with E-state index in [1.54, 1.807) is 55.1 Å². The van der Waals surface area contributed by atoms with E-state index in [-0.39, 0.29) is 17.9 Å². The van der Waals surface area contributed by atoms with Crippen LogP contribution < -0.4 is 19.5 Å². The summed E-state index contributed by atoms with van der Waals surface area (Å²) in [5.41, 5.74) is 0.361. The largest absolute Gasteiger partial charge is 0.497 e. The van der Waals surface area contributed by atoms with Crippen LogP contribution in [0.5, 0.6) is 23.3 Å². The molecule has 0 aliphatic carbocycles. The van der Waals surface area contributed by atoms with Gasteiger partial charge in [0.1, 0.15) is 11.5 Å². The van der Waals surface area contributed by atoms with Gasteiger partial charge in [-0.25, -0.2) is 4.98 Å². The van der Waals surface area contributed by atoms with Crippen LogP contribution in [0.15, 0.2) is 48.0 Å². The highest BCUT2D eigenvalue weighted by Crippen LogP contribution is 2.26. The number of thiazole rings is 1. The van der Waals surface area contributed by atoms with Crippen LogP contribution in [0, 0.1) is 0 Å². The third-order valence-corrected chi connectivity index (χ3v) is 4.02. The maximum Gasteiger partial charge on any atom is 0.257 e. The SMILES string of the molecule is COc1ccc(Oc2cc(C(=O)Nc3nccs3)cc(OC(C)C)n2)cc1. The Kier molecular flexibility index (Phi) is 5.87. The van der Waals surface area contributed by atoms with E-state index in [9.17, 15) is 4.79 Å². The average Bonchev–Trinajstić information content (AvgIpc) is 3.14. The third-order valence-electron chi connectivity index (χ3n) is 3.33. The summed E-state index contributed by atoms with van der Waals surface area (Å²) in [6.07, 6.45) is 1.53. The first-order valence-corrected chi connectivity index (χ1v) is 9.13. The number of rotatable bonds is 7. The number of benzene rings is 1. The second kappa shape index (κ2) is 8.50. The highest BCUT2D eigenvalue weighted by molar-refractivity contribution is 7.13. The molecule has 1 amide bonds. The van der Waals surface area contributed by atoms with Crippen molar-refractivity contribution in [1.29, 1.82) is 0 Å². The van der Waals surface area contributed by atoms with Crippen molar-refractivity contribution in [2.45, 2.75) is 20.0 Å². The van der Waals surface area contributed by atoms with Crippen LogP contribution in [-0.4, -0.2) is 29.1 Å². The summed E-state index contributed by atoms with van der Waals surface area (Å²) in [5.74, 6) is 1.52. The molecule has 0 atom stereocenters. The molecule has 0 aliphatic heterocycles. The molecule has 0 aliphatic rings. The van der Waals surface area contributed by atoms with Gasteiger partial charge in [-0.15, -0.1) is 11.3 Å². The summed E-state index contributed by atoms with van der Waals surface area (Å²) in [4.78, 5) is 20.9. The van der Waals surface area contributed by atoms with Gasteiger partial charge >= 0.3 is 0 Å². The number of ether oxygens (including phenoxy) is 3. The van der Waals surface area contributed by atoms with E-state index in [0.29, 0.717) is 22.3 Å². The van der Waals surface area contributed by atoms with E-state index in [0.717, 1.165) is 5.75 Å². The van der Waals surface area contributed by atoms with E-state index in [4.69, 9.17) is 14.2 Å². The Morgan fingerprint density at radius 3 is 2.44 bits per heavy atom. The van der Waals surface area contributed by atoms with Gasteiger partial charge < -0.3 is 14.2 Å². The van der Waals surface area contributed by atoms with Crippen molar-refractivity contribution in [2.75, 3.05) is 12.4 Å². The molecule has 8 heteroatoms.